The molecule has 0 N–H and O–H groups in total. The van der Waals surface area contributed by atoms with Crippen molar-refractivity contribution >= 4 is 17.3 Å². The van der Waals surface area contributed by atoms with E-state index in [1.165, 1.54) is 0 Å². The number of fused-ring (bicyclic) bond motifs is 1. The Morgan fingerprint density at radius 3 is 3.06 bits per heavy atom. The average molecular weight is 246 g/mol. The molecule has 0 aliphatic rings. The van der Waals surface area contributed by atoms with E-state index in [9.17, 15) is 4.79 Å². The summed E-state index contributed by atoms with van der Waals surface area (Å²) >= 11 is 0. The Bertz CT molecular complexity index is 532. The molecule has 4 nitrogen and oxygen atoms in total. The van der Waals surface area contributed by atoms with Crippen LogP contribution in [0, 0.1) is 5.92 Å². The van der Waals surface area contributed by atoms with Crippen LogP contribution in [0.4, 0.5) is 0 Å². The first kappa shape index (κ1) is 12.8. The van der Waals surface area contributed by atoms with E-state index in [2.05, 4.69) is 18.8 Å². The normalized spacial score (nSPS) is 11.3. The molecule has 0 radical (unpaired) electrons. The summed E-state index contributed by atoms with van der Waals surface area (Å²) < 4.78 is 7.53. The number of aldehydes is 1. The topological polar surface area (TPSA) is 44.1 Å². The second kappa shape index (κ2) is 5.78. The Morgan fingerprint density at radius 2 is 2.33 bits per heavy atom. The predicted octanol–water partition coefficient (Wildman–Crippen LogP) is 2.52. The third-order valence-electron chi connectivity index (χ3n) is 2.72. The second-order valence-corrected chi connectivity index (χ2v) is 4.74. The largest absolute Gasteiger partial charge is 0.379 e. The van der Waals surface area contributed by atoms with Crippen LogP contribution in [0.3, 0.4) is 0 Å². The summed E-state index contributed by atoms with van der Waals surface area (Å²) in [7, 11) is 0. The minimum Gasteiger partial charge on any atom is -0.379 e. The molecule has 0 aliphatic carbocycles. The highest BCUT2D eigenvalue weighted by atomic mass is 16.5. The highest BCUT2D eigenvalue weighted by Gasteiger charge is 2.08. The van der Waals surface area contributed by atoms with Crippen molar-refractivity contribution in [1.29, 1.82) is 0 Å². The second-order valence-electron chi connectivity index (χ2n) is 4.74. The highest BCUT2D eigenvalue weighted by molar-refractivity contribution is 5.95. The van der Waals surface area contributed by atoms with Gasteiger partial charge in [-0.2, -0.15) is 0 Å². The Kier molecular flexibility index (Phi) is 4.10. The van der Waals surface area contributed by atoms with Gasteiger partial charge in [0.15, 0.2) is 6.29 Å². The van der Waals surface area contributed by atoms with E-state index >= 15 is 0 Å². The highest BCUT2D eigenvalue weighted by Crippen LogP contribution is 2.17. The Labute approximate surface area is 107 Å². The monoisotopic (exact) mass is 246 g/mol. The standard InChI is InChI=1S/C14H18N2O2/c1-11(2)10-18-7-6-16-8-12(9-17)13-4-3-5-15-14(13)16/h3-5,8-9,11H,6-7,10H2,1-2H3. The van der Waals surface area contributed by atoms with Gasteiger partial charge in [0.05, 0.1) is 6.61 Å². The Morgan fingerprint density at radius 1 is 1.50 bits per heavy atom. The molecule has 96 valence electrons. The molecule has 0 aliphatic heterocycles. The van der Waals surface area contributed by atoms with Crippen molar-refractivity contribution in [1.82, 2.24) is 9.55 Å². The van der Waals surface area contributed by atoms with Crippen LogP contribution in [-0.2, 0) is 11.3 Å². The lowest BCUT2D eigenvalue weighted by Crippen LogP contribution is -2.09. The molecule has 0 amide bonds. The van der Waals surface area contributed by atoms with Crippen LogP contribution in [-0.4, -0.2) is 29.1 Å². The summed E-state index contributed by atoms with van der Waals surface area (Å²) in [5.41, 5.74) is 1.52. The lowest BCUT2D eigenvalue weighted by Gasteiger charge is -2.08. The van der Waals surface area contributed by atoms with E-state index in [-0.39, 0.29) is 0 Å². The number of hydrogen-bond acceptors (Lipinski definition) is 3. The average Bonchev–Trinajstić information content (AvgIpc) is 2.73. The van der Waals surface area contributed by atoms with E-state index in [1.54, 1.807) is 6.20 Å². The first-order chi connectivity index (χ1) is 8.72. The summed E-state index contributed by atoms with van der Waals surface area (Å²) in [6.07, 6.45) is 4.45. The molecule has 0 saturated heterocycles. The van der Waals surface area contributed by atoms with Gasteiger partial charge in [0.2, 0.25) is 0 Å². The maximum atomic E-state index is 11.0. The number of aromatic nitrogens is 2. The zero-order chi connectivity index (χ0) is 13.0. The minimum absolute atomic E-state index is 0.537. The van der Waals surface area contributed by atoms with Gasteiger partial charge in [0.25, 0.3) is 0 Å². The zero-order valence-electron chi connectivity index (χ0n) is 10.8. The van der Waals surface area contributed by atoms with Gasteiger partial charge in [0, 0.05) is 36.5 Å². The fourth-order valence-corrected chi connectivity index (χ4v) is 1.90. The summed E-state index contributed by atoms with van der Waals surface area (Å²) in [6.45, 7) is 6.35. The van der Waals surface area contributed by atoms with Crippen LogP contribution >= 0.6 is 0 Å². The zero-order valence-corrected chi connectivity index (χ0v) is 10.8. The first-order valence-corrected chi connectivity index (χ1v) is 6.19. The smallest absolute Gasteiger partial charge is 0.152 e. The van der Waals surface area contributed by atoms with Crippen molar-refractivity contribution in [2.75, 3.05) is 13.2 Å². The van der Waals surface area contributed by atoms with Crippen molar-refractivity contribution in [3.8, 4) is 0 Å². The molecule has 2 aromatic heterocycles. The lowest BCUT2D eigenvalue weighted by atomic mass is 10.2. The molecule has 0 spiro atoms. The van der Waals surface area contributed by atoms with Crippen LogP contribution in [0.5, 0.6) is 0 Å². The molecule has 0 bridgehead atoms. The fraction of sp³-hybridized carbons (Fsp3) is 0.429. The van der Waals surface area contributed by atoms with Crippen molar-refractivity contribution in [2.24, 2.45) is 5.92 Å². The number of nitrogens with zero attached hydrogens (tertiary/aromatic N) is 2. The number of rotatable bonds is 6. The van der Waals surface area contributed by atoms with Crippen LogP contribution in [0.25, 0.3) is 11.0 Å². The van der Waals surface area contributed by atoms with Crippen LogP contribution in [0.15, 0.2) is 24.5 Å². The summed E-state index contributed by atoms with van der Waals surface area (Å²) in [6, 6.07) is 3.76. The number of carbonyl (C=O) groups is 1. The maximum Gasteiger partial charge on any atom is 0.152 e. The van der Waals surface area contributed by atoms with Crippen molar-refractivity contribution < 1.29 is 9.53 Å². The van der Waals surface area contributed by atoms with Gasteiger partial charge in [-0.3, -0.25) is 4.79 Å². The van der Waals surface area contributed by atoms with Gasteiger partial charge < -0.3 is 9.30 Å². The van der Waals surface area contributed by atoms with Gasteiger partial charge in [-0.15, -0.1) is 0 Å². The van der Waals surface area contributed by atoms with Crippen molar-refractivity contribution in [3.63, 3.8) is 0 Å². The lowest BCUT2D eigenvalue weighted by molar-refractivity contribution is 0.103. The van der Waals surface area contributed by atoms with E-state index in [0.29, 0.717) is 24.6 Å². The molecule has 0 unspecified atom stereocenters. The van der Waals surface area contributed by atoms with Crippen LogP contribution < -0.4 is 0 Å². The predicted molar refractivity (Wildman–Crippen MR) is 70.8 cm³/mol. The molecule has 4 heteroatoms. The molecule has 0 aromatic carbocycles. The van der Waals surface area contributed by atoms with E-state index in [0.717, 1.165) is 23.9 Å². The number of pyridine rings is 1. The molecule has 18 heavy (non-hydrogen) atoms. The summed E-state index contributed by atoms with van der Waals surface area (Å²) in [5, 5.41) is 0.899. The van der Waals surface area contributed by atoms with Crippen molar-refractivity contribution in [3.05, 3.63) is 30.1 Å². The molecule has 0 fully saturated rings. The molecular weight excluding hydrogens is 228 g/mol. The van der Waals surface area contributed by atoms with Crippen LogP contribution in [0.1, 0.15) is 24.2 Å². The van der Waals surface area contributed by atoms with Gasteiger partial charge in [0.1, 0.15) is 5.65 Å². The fourth-order valence-electron chi connectivity index (χ4n) is 1.90. The molecule has 2 heterocycles. The Balaban J connectivity index is 2.11. The van der Waals surface area contributed by atoms with E-state index in [1.807, 2.05) is 22.9 Å². The maximum absolute atomic E-state index is 11.0. The molecule has 2 rings (SSSR count). The van der Waals surface area contributed by atoms with Crippen molar-refractivity contribution in [2.45, 2.75) is 20.4 Å². The SMILES string of the molecule is CC(C)COCCn1cc(C=O)c2cccnc21. The number of hydrogen-bond donors (Lipinski definition) is 0. The summed E-state index contributed by atoms with van der Waals surface area (Å²) in [5.74, 6) is 0.537. The summed E-state index contributed by atoms with van der Waals surface area (Å²) in [4.78, 5) is 15.3. The Hall–Kier alpha value is -1.68. The molecule has 0 saturated carbocycles. The molecular formula is C14H18N2O2. The molecule has 2 aromatic rings. The molecule has 0 atom stereocenters. The number of ether oxygens (including phenoxy) is 1. The third kappa shape index (κ3) is 2.76. The van der Waals surface area contributed by atoms with E-state index < -0.39 is 0 Å². The van der Waals surface area contributed by atoms with Gasteiger partial charge in [-0.25, -0.2) is 4.98 Å². The van der Waals surface area contributed by atoms with Gasteiger partial charge in [-0.1, -0.05) is 13.8 Å². The van der Waals surface area contributed by atoms with Gasteiger partial charge in [-0.05, 0) is 18.1 Å². The quantitative estimate of drug-likeness (QED) is 0.581. The number of carbonyl (C=O) groups excluding carboxylic acids is 1. The minimum atomic E-state index is 0.537. The third-order valence-corrected chi connectivity index (χ3v) is 2.72. The first-order valence-electron chi connectivity index (χ1n) is 6.19. The van der Waals surface area contributed by atoms with E-state index in [4.69, 9.17) is 4.74 Å². The van der Waals surface area contributed by atoms with Crippen LogP contribution in [0.2, 0.25) is 0 Å². The van der Waals surface area contributed by atoms with Gasteiger partial charge >= 0.3 is 0 Å².